The van der Waals surface area contributed by atoms with E-state index in [4.69, 9.17) is 17.3 Å². The van der Waals surface area contributed by atoms with Crippen LogP contribution >= 0.6 is 11.6 Å². The van der Waals surface area contributed by atoms with Gasteiger partial charge in [-0.2, -0.15) is 0 Å². The van der Waals surface area contributed by atoms with Crippen molar-refractivity contribution in [1.82, 2.24) is 5.32 Å². The number of hydrogen-bond donors (Lipinski definition) is 2. The van der Waals surface area contributed by atoms with Gasteiger partial charge in [-0.25, -0.2) is 13.4 Å². The van der Waals surface area contributed by atoms with Crippen LogP contribution in [0.3, 0.4) is 0 Å². The van der Waals surface area contributed by atoms with Crippen LogP contribution in [0.15, 0.2) is 41.4 Å². The Morgan fingerprint density at radius 3 is 2.40 bits per heavy atom. The van der Waals surface area contributed by atoms with E-state index in [1.54, 1.807) is 43.3 Å². The average molecular weight is 449 g/mol. The van der Waals surface area contributed by atoms with E-state index in [0.717, 1.165) is 18.4 Å². The highest BCUT2D eigenvalue weighted by atomic mass is 35.5. The summed E-state index contributed by atoms with van der Waals surface area (Å²) in [5, 5.41) is 3.17. The average Bonchev–Trinajstić information content (AvgIpc) is 3.52. The molecule has 0 saturated heterocycles. The highest BCUT2D eigenvalue weighted by Gasteiger charge is 2.32. The fraction of sp³-hybridized carbons (Fsp3) is 0.333. The number of nitrogens with two attached hydrogens (primary N) is 1. The number of carbonyl (C=O) groups is 1. The molecule has 1 aliphatic rings. The maximum atomic E-state index is 12.6. The molecular weight excluding hydrogens is 424 g/mol. The van der Waals surface area contributed by atoms with Gasteiger partial charge in [0.15, 0.2) is 0 Å². The summed E-state index contributed by atoms with van der Waals surface area (Å²) in [6.07, 6.45) is 3.10. The molecule has 0 atom stereocenters. The van der Waals surface area contributed by atoms with Crippen LogP contribution in [0, 0.1) is 0 Å². The van der Waals surface area contributed by atoms with Crippen molar-refractivity contribution < 1.29 is 13.2 Å². The summed E-state index contributed by atoms with van der Waals surface area (Å²) in [5.74, 6) is -0.154. The number of halogens is 1. The van der Waals surface area contributed by atoms with Gasteiger partial charge in [0.25, 0.3) is 5.91 Å². The molecule has 0 aliphatic heterocycles. The molecule has 2 aromatic carbocycles. The molecular formula is C21H25ClN4O3S. The third-order valence-electron chi connectivity index (χ3n) is 4.94. The van der Waals surface area contributed by atoms with Crippen LogP contribution in [0.1, 0.15) is 36.8 Å². The van der Waals surface area contributed by atoms with E-state index < -0.39 is 10.0 Å². The smallest absolute Gasteiger partial charge is 0.270 e. The number of carbonyl (C=O) groups excluding carboxylic acids is 1. The number of sulfonamides is 1. The Morgan fingerprint density at radius 1 is 1.27 bits per heavy atom. The minimum absolute atomic E-state index is 0.160. The number of anilines is 2. The molecule has 0 aromatic heterocycles. The number of amides is 1. The summed E-state index contributed by atoms with van der Waals surface area (Å²) >= 11 is 5.94. The number of nitrogen functional groups attached to an aromatic ring is 1. The summed E-state index contributed by atoms with van der Waals surface area (Å²) in [6, 6.07) is 10.2. The second kappa shape index (κ2) is 8.65. The molecule has 7 nitrogen and oxygen atoms in total. The normalized spacial score (nSPS) is 14.5. The zero-order valence-electron chi connectivity index (χ0n) is 17.1. The summed E-state index contributed by atoms with van der Waals surface area (Å²) in [7, 11) is -1.94. The maximum absolute atomic E-state index is 12.6. The number of nitrogens with zero attached hydrogens (tertiary/aromatic N) is 2. The standard InChI is InChI=1S/C21H25ClN4O3S/c1-4-26(30(3,28)29)19-12-18(23)17(11-16(19)13-5-6-13)20(21(27)24-2)25-15-9-7-14(22)8-10-15/h7-13H,4-6,23H2,1-3H3,(H,24,27). The Bertz CT molecular complexity index is 1090. The van der Waals surface area contributed by atoms with Gasteiger partial charge in [-0.1, -0.05) is 11.6 Å². The Balaban J connectivity index is 2.19. The molecule has 2 aromatic rings. The minimum Gasteiger partial charge on any atom is -0.398 e. The van der Waals surface area contributed by atoms with E-state index in [0.29, 0.717) is 28.5 Å². The molecule has 3 rings (SSSR count). The Morgan fingerprint density at radius 2 is 1.90 bits per heavy atom. The van der Waals surface area contributed by atoms with Gasteiger partial charge in [0, 0.05) is 29.9 Å². The third kappa shape index (κ3) is 4.76. The maximum Gasteiger partial charge on any atom is 0.270 e. The van der Waals surface area contributed by atoms with Crippen molar-refractivity contribution in [1.29, 1.82) is 0 Å². The summed E-state index contributed by atoms with van der Waals surface area (Å²) < 4.78 is 25.9. The highest BCUT2D eigenvalue weighted by molar-refractivity contribution is 7.92. The highest BCUT2D eigenvalue weighted by Crippen LogP contribution is 2.46. The minimum atomic E-state index is -3.46. The molecule has 0 spiro atoms. The Kier molecular flexibility index (Phi) is 6.38. The van der Waals surface area contributed by atoms with Crippen LogP contribution in [-0.2, 0) is 14.8 Å². The summed E-state index contributed by atoms with van der Waals surface area (Å²) in [6.45, 7) is 2.07. The molecule has 3 N–H and O–H groups in total. The third-order valence-corrected chi connectivity index (χ3v) is 6.44. The number of benzene rings is 2. The largest absolute Gasteiger partial charge is 0.398 e. The number of nitrogens with one attached hydrogen (secondary N) is 1. The molecule has 1 fully saturated rings. The van der Waals surface area contributed by atoms with Gasteiger partial charge in [0.05, 0.1) is 17.6 Å². The second-order valence-corrected chi connectivity index (χ2v) is 9.56. The molecule has 0 bridgehead atoms. The first-order chi connectivity index (χ1) is 14.2. The number of aliphatic imine (C=N–C) groups is 1. The lowest BCUT2D eigenvalue weighted by Crippen LogP contribution is -2.31. The SMILES string of the molecule is CCN(c1cc(N)c(C(=Nc2ccc(Cl)cc2)C(=O)NC)cc1C1CC1)S(C)(=O)=O. The second-order valence-electron chi connectivity index (χ2n) is 7.22. The van der Waals surface area contributed by atoms with Crippen molar-refractivity contribution in [2.45, 2.75) is 25.7 Å². The van der Waals surface area contributed by atoms with Crippen molar-refractivity contribution >= 4 is 50.3 Å². The number of rotatable bonds is 7. The molecule has 0 unspecified atom stereocenters. The van der Waals surface area contributed by atoms with Crippen molar-refractivity contribution in [2.24, 2.45) is 4.99 Å². The Hall–Kier alpha value is -2.58. The van der Waals surface area contributed by atoms with Crippen LogP contribution in [0.5, 0.6) is 0 Å². The van der Waals surface area contributed by atoms with Gasteiger partial charge < -0.3 is 11.1 Å². The monoisotopic (exact) mass is 448 g/mol. The zero-order valence-corrected chi connectivity index (χ0v) is 18.7. The molecule has 1 aliphatic carbocycles. The van der Waals surface area contributed by atoms with E-state index in [2.05, 4.69) is 10.3 Å². The van der Waals surface area contributed by atoms with E-state index in [9.17, 15) is 13.2 Å². The van der Waals surface area contributed by atoms with Crippen LogP contribution in [-0.4, -0.2) is 39.9 Å². The summed E-state index contributed by atoms with van der Waals surface area (Å²) in [4.78, 5) is 17.1. The fourth-order valence-electron chi connectivity index (χ4n) is 3.34. The van der Waals surface area contributed by atoms with E-state index in [1.807, 2.05) is 0 Å². The summed E-state index contributed by atoms with van der Waals surface area (Å²) in [5.41, 5.74) is 9.21. The van der Waals surface area contributed by atoms with Gasteiger partial charge in [-0.3, -0.25) is 9.10 Å². The van der Waals surface area contributed by atoms with Crippen LogP contribution < -0.4 is 15.4 Å². The number of hydrogen-bond acceptors (Lipinski definition) is 5. The molecule has 0 radical (unpaired) electrons. The number of likely N-dealkylation sites (N-methyl/N-ethyl adjacent to an activating group) is 1. The molecule has 1 saturated carbocycles. The van der Waals surface area contributed by atoms with Gasteiger partial charge in [0.1, 0.15) is 5.71 Å². The predicted molar refractivity (Wildman–Crippen MR) is 122 cm³/mol. The lowest BCUT2D eigenvalue weighted by molar-refractivity contribution is -0.114. The van der Waals surface area contributed by atoms with Crippen LogP contribution in [0.25, 0.3) is 0 Å². The fourth-order valence-corrected chi connectivity index (χ4v) is 4.45. The van der Waals surface area contributed by atoms with Crippen molar-refractivity contribution in [3.8, 4) is 0 Å². The lowest BCUT2D eigenvalue weighted by Gasteiger charge is -2.25. The van der Waals surface area contributed by atoms with Crippen LogP contribution in [0.4, 0.5) is 17.1 Å². The van der Waals surface area contributed by atoms with E-state index in [1.165, 1.54) is 17.6 Å². The first-order valence-electron chi connectivity index (χ1n) is 9.63. The van der Waals surface area contributed by atoms with Crippen molar-refractivity contribution in [3.05, 3.63) is 52.5 Å². The molecule has 160 valence electrons. The topological polar surface area (TPSA) is 105 Å². The molecule has 30 heavy (non-hydrogen) atoms. The van der Waals surface area contributed by atoms with Gasteiger partial charge in [-0.05, 0) is 67.6 Å². The van der Waals surface area contributed by atoms with E-state index >= 15 is 0 Å². The molecule has 1 amide bonds. The Labute approximate surface area is 182 Å². The van der Waals surface area contributed by atoms with Gasteiger partial charge >= 0.3 is 0 Å². The zero-order chi connectivity index (χ0) is 22.1. The quantitative estimate of drug-likeness (QED) is 0.499. The van der Waals surface area contributed by atoms with Gasteiger partial charge in [0.2, 0.25) is 10.0 Å². The van der Waals surface area contributed by atoms with Gasteiger partial charge in [-0.15, -0.1) is 0 Å². The molecule has 9 heteroatoms. The molecule has 0 heterocycles. The first-order valence-corrected chi connectivity index (χ1v) is 11.9. The van der Waals surface area contributed by atoms with Crippen molar-refractivity contribution in [2.75, 3.05) is 29.9 Å². The lowest BCUT2D eigenvalue weighted by atomic mass is 9.98. The van der Waals surface area contributed by atoms with Crippen molar-refractivity contribution in [3.63, 3.8) is 0 Å². The van der Waals surface area contributed by atoms with Crippen LogP contribution in [0.2, 0.25) is 5.02 Å². The van der Waals surface area contributed by atoms with E-state index in [-0.39, 0.29) is 23.2 Å². The predicted octanol–water partition coefficient (Wildman–Crippen LogP) is 3.45. The first kappa shape index (κ1) is 22.1.